The lowest BCUT2D eigenvalue weighted by Gasteiger charge is -2.16. The summed E-state index contributed by atoms with van der Waals surface area (Å²) in [5.41, 5.74) is 4.33. The number of carbonyl (C=O) groups excluding carboxylic acids is 1. The topological polar surface area (TPSA) is 66.8 Å². The number of hydrogen-bond acceptors (Lipinski definition) is 4. The zero-order valence-corrected chi connectivity index (χ0v) is 15.0. The number of amides is 1. The molecule has 0 aliphatic heterocycles. The maximum Gasteiger partial charge on any atom is 0.271 e. The lowest BCUT2D eigenvalue weighted by molar-refractivity contribution is 0.0779. The summed E-state index contributed by atoms with van der Waals surface area (Å²) in [4.78, 5) is 14.3. The van der Waals surface area contributed by atoms with Gasteiger partial charge in [0.2, 0.25) is 0 Å². The van der Waals surface area contributed by atoms with Crippen LogP contribution < -0.4 is 0 Å². The number of H-pyrrole nitrogens is 1. The van der Waals surface area contributed by atoms with Crippen molar-refractivity contribution in [2.45, 2.75) is 6.54 Å². The normalized spacial score (nSPS) is 10.8. The Morgan fingerprint density at radius 3 is 2.81 bits per heavy atom. The van der Waals surface area contributed by atoms with Gasteiger partial charge in [0.25, 0.3) is 5.91 Å². The highest BCUT2D eigenvalue weighted by atomic mass is 32.1. The molecule has 4 rings (SSSR count). The highest BCUT2D eigenvalue weighted by molar-refractivity contribution is 7.08. The maximum atomic E-state index is 12.6. The Morgan fingerprint density at radius 1 is 1.27 bits per heavy atom. The first-order valence-corrected chi connectivity index (χ1v) is 9.07. The number of carbonyl (C=O) groups is 1. The van der Waals surface area contributed by atoms with Gasteiger partial charge in [0.1, 0.15) is 5.69 Å². The molecule has 4 aromatic rings. The Kier molecular flexibility index (Phi) is 4.37. The molecule has 0 atom stereocenters. The maximum absolute atomic E-state index is 12.6. The van der Waals surface area contributed by atoms with Crippen molar-refractivity contribution in [3.05, 3.63) is 76.9 Å². The molecule has 0 aliphatic carbocycles. The zero-order chi connectivity index (χ0) is 17.9. The van der Waals surface area contributed by atoms with Crippen molar-refractivity contribution in [2.24, 2.45) is 0 Å². The molecule has 1 aromatic carbocycles. The van der Waals surface area contributed by atoms with E-state index in [9.17, 15) is 4.79 Å². The molecule has 7 heteroatoms. The molecule has 0 unspecified atom stereocenters. The fourth-order valence-electron chi connectivity index (χ4n) is 2.72. The van der Waals surface area contributed by atoms with Gasteiger partial charge in [0.05, 0.1) is 11.4 Å². The Hall–Kier alpha value is -3.19. The van der Waals surface area contributed by atoms with E-state index >= 15 is 0 Å². The smallest absolute Gasteiger partial charge is 0.271 e. The molecule has 0 saturated heterocycles. The van der Waals surface area contributed by atoms with E-state index < -0.39 is 0 Å². The van der Waals surface area contributed by atoms with Crippen LogP contribution in [0.25, 0.3) is 16.9 Å². The van der Waals surface area contributed by atoms with E-state index in [4.69, 9.17) is 0 Å². The number of aromatic nitrogens is 4. The van der Waals surface area contributed by atoms with E-state index in [0.29, 0.717) is 12.2 Å². The quantitative estimate of drug-likeness (QED) is 0.589. The summed E-state index contributed by atoms with van der Waals surface area (Å²) < 4.78 is 1.80. The van der Waals surface area contributed by atoms with Crippen LogP contribution in [0.2, 0.25) is 0 Å². The van der Waals surface area contributed by atoms with Crippen LogP contribution in [-0.2, 0) is 6.54 Å². The number of nitrogens with zero attached hydrogens (tertiary/aromatic N) is 4. The van der Waals surface area contributed by atoms with Crippen LogP contribution in [0.1, 0.15) is 16.1 Å². The number of benzene rings is 1. The summed E-state index contributed by atoms with van der Waals surface area (Å²) in [5, 5.41) is 15.3. The Labute approximate surface area is 154 Å². The predicted octanol–water partition coefficient (Wildman–Crippen LogP) is 3.60. The molecule has 3 heterocycles. The van der Waals surface area contributed by atoms with E-state index in [1.165, 1.54) is 0 Å². The molecule has 3 aromatic heterocycles. The fraction of sp³-hybridized carbons (Fsp3) is 0.105. The molecule has 0 spiro atoms. The van der Waals surface area contributed by atoms with Crippen LogP contribution in [0.4, 0.5) is 0 Å². The highest BCUT2D eigenvalue weighted by Crippen LogP contribution is 2.21. The van der Waals surface area contributed by atoms with Crippen molar-refractivity contribution in [3.8, 4) is 16.9 Å². The average molecular weight is 363 g/mol. The summed E-state index contributed by atoms with van der Waals surface area (Å²) in [6.45, 7) is 0.519. The second kappa shape index (κ2) is 6.97. The molecule has 26 heavy (non-hydrogen) atoms. The number of aromatic amines is 1. The minimum absolute atomic E-state index is 0.0878. The largest absolute Gasteiger partial charge is 0.336 e. The highest BCUT2D eigenvalue weighted by Gasteiger charge is 2.16. The van der Waals surface area contributed by atoms with Gasteiger partial charge in [0, 0.05) is 36.9 Å². The Bertz CT molecular complexity index is 987. The van der Waals surface area contributed by atoms with Gasteiger partial charge < -0.3 is 4.90 Å². The van der Waals surface area contributed by atoms with Crippen LogP contribution in [0.15, 0.2) is 65.6 Å². The van der Waals surface area contributed by atoms with E-state index in [0.717, 1.165) is 22.5 Å². The fourth-order valence-corrected chi connectivity index (χ4v) is 3.37. The molecule has 1 amide bonds. The van der Waals surface area contributed by atoms with Crippen LogP contribution in [-0.4, -0.2) is 37.8 Å². The predicted molar refractivity (Wildman–Crippen MR) is 101 cm³/mol. The van der Waals surface area contributed by atoms with Gasteiger partial charge in [-0.1, -0.05) is 12.1 Å². The minimum Gasteiger partial charge on any atom is -0.336 e. The van der Waals surface area contributed by atoms with E-state index in [1.54, 1.807) is 40.2 Å². The van der Waals surface area contributed by atoms with Crippen molar-refractivity contribution >= 4 is 17.2 Å². The molecule has 1 N–H and O–H groups in total. The van der Waals surface area contributed by atoms with E-state index in [1.807, 2.05) is 53.4 Å². The third-order valence-corrected chi connectivity index (χ3v) is 4.78. The number of nitrogens with one attached hydrogen (secondary N) is 1. The standard InChI is InChI=1S/C19H17N5OS/c1-23(12-14-3-5-16(6-4-14)24-9-2-8-20-24)19(25)18-11-17(21-22-18)15-7-10-26-13-15/h2-11,13H,12H2,1H3,(H,21,22). The van der Waals surface area contributed by atoms with Gasteiger partial charge in [-0.15, -0.1) is 0 Å². The molecular formula is C19H17N5OS. The molecule has 0 radical (unpaired) electrons. The van der Waals surface area contributed by atoms with Gasteiger partial charge in [0.15, 0.2) is 0 Å². The van der Waals surface area contributed by atoms with Gasteiger partial charge in [-0.05, 0) is 41.3 Å². The molecular weight excluding hydrogens is 346 g/mol. The van der Waals surface area contributed by atoms with Gasteiger partial charge in [-0.25, -0.2) is 4.68 Å². The van der Waals surface area contributed by atoms with E-state index in [2.05, 4.69) is 15.3 Å². The van der Waals surface area contributed by atoms with Crippen molar-refractivity contribution < 1.29 is 4.79 Å². The third kappa shape index (κ3) is 3.29. The summed E-state index contributed by atoms with van der Waals surface area (Å²) in [7, 11) is 1.79. The second-order valence-corrected chi connectivity index (χ2v) is 6.74. The second-order valence-electron chi connectivity index (χ2n) is 5.96. The SMILES string of the molecule is CN(Cc1ccc(-n2cccn2)cc1)C(=O)c1cc(-c2ccsc2)n[nH]1. The number of thiophene rings is 1. The molecule has 0 aliphatic rings. The number of rotatable bonds is 5. The minimum atomic E-state index is -0.0878. The summed E-state index contributed by atoms with van der Waals surface area (Å²) in [5.74, 6) is -0.0878. The molecule has 0 bridgehead atoms. The summed E-state index contributed by atoms with van der Waals surface area (Å²) >= 11 is 1.60. The molecule has 0 saturated carbocycles. The van der Waals surface area contributed by atoms with Crippen LogP contribution >= 0.6 is 11.3 Å². The first-order valence-electron chi connectivity index (χ1n) is 8.13. The van der Waals surface area contributed by atoms with Crippen LogP contribution in [0, 0.1) is 0 Å². The molecule has 130 valence electrons. The van der Waals surface area contributed by atoms with Crippen molar-refractivity contribution in [1.29, 1.82) is 0 Å². The third-order valence-electron chi connectivity index (χ3n) is 4.10. The van der Waals surface area contributed by atoms with Crippen molar-refractivity contribution in [3.63, 3.8) is 0 Å². The Balaban J connectivity index is 1.44. The lowest BCUT2D eigenvalue weighted by atomic mass is 10.2. The van der Waals surface area contributed by atoms with Gasteiger partial charge in [-0.3, -0.25) is 9.89 Å². The van der Waals surface area contributed by atoms with Crippen molar-refractivity contribution in [1.82, 2.24) is 24.9 Å². The van der Waals surface area contributed by atoms with Crippen LogP contribution in [0.3, 0.4) is 0 Å². The lowest BCUT2D eigenvalue weighted by Crippen LogP contribution is -2.26. The Morgan fingerprint density at radius 2 is 2.12 bits per heavy atom. The molecule has 6 nitrogen and oxygen atoms in total. The van der Waals surface area contributed by atoms with Gasteiger partial charge >= 0.3 is 0 Å². The average Bonchev–Trinajstić information content (AvgIpc) is 3.43. The number of hydrogen-bond donors (Lipinski definition) is 1. The molecule has 0 fully saturated rings. The van der Waals surface area contributed by atoms with E-state index in [-0.39, 0.29) is 5.91 Å². The summed E-state index contributed by atoms with van der Waals surface area (Å²) in [6.07, 6.45) is 3.64. The first-order chi connectivity index (χ1) is 12.7. The monoisotopic (exact) mass is 363 g/mol. The zero-order valence-electron chi connectivity index (χ0n) is 14.2. The summed E-state index contributed by atoms with van der Waals surface area (Å²) in [6, 6.07) is 13.7. The van der Waals surface area contributed by atoms with Crippen molar-refractivity contribution in [2.75, 3.05) is 7.05 Å². The van der Waals surface area contributed by atoms with Gasteiger partial charge in [-0.2, -0.15) is 21.5 Å². The van der Waals surface area contributed by atoms with Crippen LogP contribution in [0.5, 0.6) is 0 Å². The first kappa shape index (κ1) is 16.3.